The molecular weight excluding hydrogens is 348 g/mol. The summed E-state index contributed by atoms with van der Waals surface area (Å²) in [6, 6.07) is 18.0. The first-order valence-corrected chi connectivity index (χ1v) is 10.7. The second-order valence-corrected chi connectivity index (χ2v) is 8.93. The molecule has 0 saturated carbocycles. The van der Waals surface area contributed by atoms with Gasteiger partial charge in [0.2, 0.25) is 0 Å². The van der Waals surface area contributed by atoms with Crippen molar-refractivity contribution in [3.63, 3.8) is 0 Å². The number of hydrogen-bond donors (Lipinski definition) is 1. The molecule has 0 radical (unpaired) electrons. The molecule has 5 aliphatic rings. The van der Waals surface area contributed by atoms with Gasteiger partial charge in [-0.1, -0.05) is 30.3 Å². The lowest BCUT2D eigenvalue weighted by molar-refractivity contribution is -0.0622. The van der Waals surface area contributed by atoms with E-state index in [9.17, 15) is 0 Å². The molecule has 5 heterocycles. The van der Waals surface area contributed by atoms with E-state index in [2.05, 4.69) is 58.7 Å². The van der Waals surface area contributed by atoms with Gasteiger partial charge in [0.15, 0.2) is 0 Å². The first kappa shape index (κ1) is 16.9. The van der Waals surface area contributed by atoms with Gasteiger partial charge in [-0.05, 0) is 67.6 Å². The van der Waals surface area contributed by atoms with Gasteiger partial charge in [0.25, 0.3) is 0 Å². The molecular formula is C24H28N2O2. The molecule has 4 heteroatoms. The molecule has 0 spiro atoms. The highest BCUT2D eigenvalue weighted by molar-refractivity contribution is 5.65. The summed E-state index contributed by atoms with van der Waals surface area (Å²) >= 11 is 0. The first-order chi connectivity index (χ1) is 13.8. The number of ether oxygens (including phenoxy) is 2. The lowest BCUT2D eigenvalue weighted by Crippen LogP contribution is -2.58. The molecule has 4 saturated heterocycles. The van der Waals surface area contributed by atoms with Crippen molar-refractivity contribution in [3.05, 3.63) is 59.7 Å². The lowest BCUT2D eigenvalue weighted by Gasteiger charge is -2.51. The second-order valence-electron chi connectivity index (χ2n) is 8.93. The largest absolute Gasteiger partial charge is 0.497 e. The van der Waals surface area contributed by atoms with Crippen LogP contribution in [0.4, 0.5) is 5.69 Å². The number of fused-ring (bicyclic) bond motifs is 7. The van der Waals surface area contributed by atoms with Gasteiger partial charge in [0, 0.05) is 18.2 Å². The molecule has 4 fully saturated rings. The van der Waals surface area contributed by atoms with Crippen LogP contribution >= 0.6 is 0 Å². The zero-order valence-corrected chi connectivity index (χ0v) is 16.4. The summed E-state index contributed by atoms with van der Waals surface area (Å²) in [5.41, 5.74) is 3.78. The molecule has 2 aromatic carbocycles. The minimum absolute atomic E-state index is 0.0766. The maximum absolute atomic E-state index is 6.80. The van der Waals surface area contributed by atoms with Crippen molar-refractivity contribution in [3.8, 4) is 5.75 Å². The maximum Gasteiger partial charge on any atom is 0.129 e. The van der Waals surface area contributed by atoms with Crippen molar-refractivity contribution in [2.24, 2.45) is 5.92 Å². The van der Waals surface area contributed by atoms with Gasteiger partial charge >= 0.3 is 0 Å². The van der Waals surface area contributed by atoms with Crippen LogP contribution in [0, 0.1) is 5.92 Å². The molecule has 4 nitrogen and oxygen atoms in total. The van der Waals surface area contributed by atoms with Crippen LogP contribution in [0.15, 0.2) is 48.5 Å². The van der Waals surface area contributed by atoms with Gasteiger partial charge in [-0.25, -0.2) is 0 Å². The zero-order valence-electron chi connectivity index (χ0n) is 16.4. The molecule has 5 aliphatic heterocycles. The summed E-state index contributed by atoms with van der Waals surface area (Å²) in [6.45, 7) is 2.45. The summed E-state index contributed by atoms with van der Waals surface area (Å²) < 4.78 is 12.4. The number of hydrogen-bond acceptors (Lipinski definition) is 4. The van der Waals surface area contributed by atoms with Gasteiger partial charge < -0.3 is 14.8 Å². The van der Waals surface area contributed by atoms with Crippen molar-refractivity contribution in [1.82, 2.24) is 4.90 Å². The van der Waals surface area contributed by atoms with Gasteiger partial charge in [-0.2, -0.15) is 0 Å². The molecule has 0 amide bonds. The van der Waals surface area contributed by atoms with Crippen LogP contribution in [-0.4, -0.2) is 43.5 Å². The smallest absolute Gasteiger partial charge is 0.129 e. The Morgan fingerprint density at radius 3 is 2.64 bits per heavy atom. The third-order valence-corrected chi connectivity index (χ3v) is 7.66. The predicted molar refractivity (Wildman–Crippen MR) is 110 cm³/mol. The molecule has 0 aliphatic carbocycles. The number of nitrogens with one attached hydrogen (secondary N) is 1. The summed E-state index contributed by atoms with van der Waals surface area (Å²) in [5.74, 6) is 1.79. The molecule has 2 aromatic rings. The highest BCUT2D eigenvalue weighted by Gasteiger charge is 2.59. The topological polar surface area (TPSA) is 33.7 Å². The molecule has 7 rings (SSSR count). The van der Waals surface area contributed by atoms with E-state index >= 15 is 0 Å². The van der Waals surface area contributed by atoms with Crippen molar-refractivity contribution in [2.45, 2.75) is 49.5 Å². The fraction of sp³-hybridized carbons (Fsp3) is 0.500. The average Bonchev–Trinajstić information content (AvgIpc) is 3.09. The van der Waals surface area contributed by atoms with Crippen molar-refractivity contribution in [2.75, 3.05) is 25.5 Å². The number of nitrogens with zero attached hydrogens (tertiary/aromatic N) is 1. The van der Waals surface area contributed by atoms with Crippen LogP contribution in [-0.2, 0) is 10.2 Å². The maximum atomic E-state index is 6.80. The Bertz CT molecular complexity index is 877. The molecule has 4 atom stereocenters. The van der Waals surface area contributed by atoms with Crippen LogP contribution in [0.1, 0.15) is 36.8 Å². The third-order valence-electron chi connectivity index (χ3n) is 7.66. The SMILES string of the molecule is COc1ccc2c(c1)C1(c3ccccc3)CC(N2)OC1C1CC2CCN1CC2. The monoisotopic (exact) mass is 376 g/mol. The Labute approximate surface area is 166 Å². The average molecular weight is 377 g/mol. The van der Waals surface area contributed by atoms with Crippen LogP contribution in [0.5, 0.6) is 5.75 Å². The van der Waals surface area contributed by atoms with Gasteiger partial charge in [0.1, 0.15) is 12.0 Å². The highest BCUT2D eigenvalue weighted by Crippen LogP contribution is 2.56. The number of rotatable bonds is 3. The number of methoxy groups -OCH3 is 1. The quantitative estimate of drug-likeness (QED) is 0.878. The van der Waals surface area contributed by atoms with Gasteiger partial charge in [-0.15, -0.1) is 0 Å². The Balaban J connectivity index is 1.54. The fourth-order valence-electron chi connectivity index (χ4n) is 6.34. The van der Waals surface area contributed by atoms with E-state index in [1.165, 1.54) is 49.2 Å². The normalized spacial score (nSPS) is 38.0. The Morgan fingerprint density at radius 1 is 1.11 bits per heavy atom. The summed E-state index contributed by atoms with van der Waals surface area (Å²) in [5, 5.41) is 3.65. The Morgan fingerprint density at radius 2 is 1.93 bits per heavy atom. The van der Waals surface area contributed by atoms with E-state index in [-0.39, 0.29) is 17.7 Å². The van der Waals surface area contributed by atoms with E-state index in [0.29, 0.717) is 6.04 Å². The lowest BCUT2D eigenvalue weighted by atomic mass is 9.63. The summed E-state index contributed by atoms with van der Waals surface area (Å²) in [6.07, 6.45) is 5.21. The van der Waals surface area contributed by atoms with Crippen molar-refractivity contribution < 1.29 is 9.47 Å². The van der Waals surface area contributed by atoms with Crippen molar-refractivity contribution >= 4 is 5.69 Å². The molecule has 1 N–H and O–H groups in total. The third kappa shape index (κ3) is 2.31. The molecule has 4 bridgehead atoms. The standard InChI is InChI=1S/C24H28N2O2/c1-27-18-7-8-20-19(14-18)24(17-5-3-2-4-6-17)15-22(25-20)28-23(24)21-13-16-9-11-26(21)12-10-16/h2-8,14,16,21-23,25H,9-13,15H2,1H3. The number of anilines is 1. The van der Waals surface area contributed by atoms with Crippen molar-refractivity contribution in [1.29, 1.82) is 0 Å². The predicted octanol–water partition coefficient (Wildman–Crippen LogP) is 4.01. The highest BCUT2D eigenvalue weighted by atomic mass is 16.5. The minimum Gasteiger partial charge on any atom is -0.497 e. The molecule has 28 heavy (non-hydrogen) atoms. The fourth-order valence-corrected chi connectivity index (χ4v) is 6.34. The van der Waals surface area contributed by atoms with Gasteiger partial charge in [0.05, 0.1) is 18.6 Å². The molecule has 146 valence electrons. The van der Waals surface area contributed by atoms with E-state index in [0.717, 1.165) is 18.1 Å². The van der Waals surface area contributed by atoms with E-state index < -0.39 is 0 Å². The Hall–Kier alpha value is -2.04. The minimum atomic E-state index is -0.122. The molecule has 4 unspecified atom stereocenters. The summed E-state index contributed by atoms with van der Waals surface area (Å²) in [4.78, 5) is 2.70. The summed E-state index contributed by atoms with van der Waals surface area (Å²) in [7, 11) is 1.75. The second kappa shape index (κ2) is 6.23. The van der Waals surface area contributed by atoms with Crippen LogP contribution in [0.3, 0.4) is 0 Å². The van der Waals surface area contributed by atoms with E-state index in [1.807, 2.05) is 0 Å². The van der Waals surface area contributed by atoms with Crippen LogP contribution < -0.4 is 10.1 Å². The number of piperidine rings is 3. The zero-order chi connectivity index (χ0) is 18.7. The number of benzene rings is 2. The van der Waals surface area contributed by atoms with Gasteiger partial charge in [-0.3, -0.25) is 4.90 Å². The van der Waals surface area contributed by atoms with Crippen LogP contribution in [0.2, 0.25) is 0 Å². The molecule has 0 aromatic heterocycles. The first-order valence-electron chi connectivity index (χ1n) is 10.7. The van der Waals surface area contributed by atoms with E-state index in [4.69, 9.17) is 9.47 Å². The Kier molecular flexibility index (Phi) is 3.75. The van der Waals surface area contributed by atoms with Crippen LogP contribution in [0.25, 0.3) is 0 Å². The van der Waals surface area contributed by atoms with E-state index in [1.54, 1.807) is 7.11 Å².